The van der Waals surface area contributed by atoms with E-state index in [1.807, 2.05) is 0 Å². The maximum Gasteiger partial charge on any atom is 0.307 e. The number of hydrogen-bond acceptors (Lipinski definition) is 3. The minimum Gasteiger partial charge on any atom is -0.481 e. The molecule has 120 valence electrons. The molecule has 0 heterocycles. The summed E-state index contributed by atoms with van der Waals surface area (Å²) >= 11 is 0. The number of nitrogens with one attached hydrogen (secondary N) is 2. The van der Waals surface area contributed by atoms with Crippen molar-refractivity contribution in [3.8, 4) is 0 Å². The Morgan fingerprint density at radius 2 is 2.00 bits per heavy atom. The molecular formula is C16H21FN2O3. The Kier molecular flexibility index (Phi) is 4.68. The van der Waals surface area contributed by atoms with Gasteiger partial charge in [-0.05, 0) is 30.0 Å². The van der Waals surface area contributed by atoms with Gasteiger partial charge in [0.15, 0.2) is 0 Å². The standard InChI is InChI=1S/C16H21FN2O3/c1-16(2)12(13(16)15(21)22)14(20)19-8-4-7-18-11-6-3-5-10(17)9-11/h3,5-6,9,12-13,18H,4,7-8H2,1-2H3,(H,19,20)(H,21,22)/t12-,13+/m1/s1. The number of rotatable bonds is 7. The number of carbonyl (C=O) groups is 2. The second kappa shape index (κ2) is 6.34. The predicted octanol–water partition coefficient (Wildman–Crippen LogP) is 2.10. The Hall–Kier alpha value is -2.11. The van der Waals surface area contributed by atoms with Crippen LogP contribution in [0.3, 0.4) is 0 Å². The molecule has 1 aromatic rings. The van der Waals surface area contributed by atoms with Crippen LogP contribution in [-0.2, 0) is 9.59 Å². The molecule has 1 saturated carbocycles. The first kappa shape index (κ1) is 16.3. The van der Waals surface area contributed by atoms with Gasteiger partial charge in [0.05, 0.1) is 11.8 Å². The molecule has 1 fully saturated rings. The van der Waals surface area contributed by atoms with Crippen molar-refractivity contribution < 1.29 is 19.1 Å². The largest absolute Gasteiger partial charge is 0.481 e. The molecule has 0 aromatic heterocycles. The summed E-state index contributed by atoms with van der Waals surface area (Å²) < 4.78 is 13.0. The molecule has 6 heteroatoms. The minimum absolute atomic E-state index is 0.205. The van der Waals surface area contributed by atoms with E-state index >= 15 is 0 Å². The van der Waals surface area contributed by atoms with Crippen molar-refractivity contribution in [1.29, 1.82) is 0 Å². The first-order chi connectivity index (χ1) is 10.3. The summed E-state index contributed by atoms with van der Waals surface area (Å²) in [6, 6.07) is 6.18. The van der Waals surface area contributed by atoms with E-state index in [1.165, 1.54) is 12.1 Å². The smallest absolute Gasteiger partial charge is 0.307 e. The highest BCUT2D eigenvalue weighted by Crippen LogP contribution is 2.58. The highest BCUT2D eigenvalue weighted by molar-refractivity contribution is 5.91. The zero-order chi connectivity index (χ0) is 16.3. The molecule has 0 unspecified atom stereocenters. The van der Waals surface area contributed by atoms with E-state index < -0.39 is 23.2 Å². The second-order valence-corrected chi connectivity index (χ2v) is 6.20. The summed E-state index contributed by atoms with van der Waals surface area (Å²) in [5, 5.41) is 14.9. The van der Waals surface area contributed by atoms with Gasteiger partial charge in [-0.15, -0.1) is 0 Å². The Labute approximate surface area is 128 Å². The quantitative estimate of drug-likeness (QED) is 0.674. The van der Waals surface area contributed by atoms with Crippen molar-refractivity contribution in [2.24, 2.45) is 17.3 Å². The molecule has 0 aliphatic heterocycles. The molecule has 22 heavy (non-hydrogen) atoms. The number of amides is 1. The van der Waals surface area contributed by atoms with Crippen LogP contribution in [0.2, 0.25) is 0 Å². The van der Waals surface area contributed by atoms with Gasteiger partial charge in [-0.2, -0.15) is 0 Å². The van der Waals surface area contributed by atoms with Crippen LogP contribution in [0.5, 0.6) is 0 Å². The zero-order valence-electron chi connectivity index (χ0n) is 12.7. The Morgan fingerprint density at radius 3 is 2.59 bits per heavy atom. The maximum absolute atomic E-state index is 13.0. The lowest BCUT2D eigenvalue weighted by Crippen LogP contribution is -2.29. The molecule has 0 bridgehead atoms. The Balaban J connectivity index is 1.67. The fraction of sp³-hybridized carbons (Fsp3) is 0.500. The fourth-order valence-corrected chi connectivity index (χ4v) is 2.83. The van der Waals surface area contributed by atoms with Gasteiger partial charge in [-0.25, -0.2) is 4.39 Å². The van der Waals surface area contributed by atoms with Crippen LogP contribution in [0.1, 0.15) is 20.3 Å². The van der Waals surface area contributed by atoms with Gasteiger partial charge in [-0.3, -0.25) is 9.59 Å². The van der Waals surface area contributed by atoms with Gasteiger partial charge in [0, 0.05) is 18.8 Å². The maximum atomic E-state index is 13.0. The Morgan fingerprint density at radius 1 is 1.27 bits per heavy atom. The normalized spacial score (nSPS) is 22.0. The molecule has 1 amide bonds. The number of hydrogen-bond donors (Lipinski definition) is 3. The van der Waals surface area contributed by atoms with Crippen LogP contribution in [0.4, 0.5) is 10.1 Å². The third-order valence-electron chi connectivity index (χ3n) is 4.18. The van der Waals surface area contributed by atoms with Crippen molar-refractivity contribution >= 4 is 17.6 Å². The number of halogens is 1. The lowest BCUT2D eigenvalue weighted by atomic mass is 10.1. The molecule has 2 atom stereocenters. The van der Waals surface area contributed by atoms with Crippen molar-refractivity contribution in [3.05, 3.63) is 30.1 Å². The number of anilines is 1. The molecular weight excluding hydrogens is 287 g/mol. The summed E-state index contributed by atoms with van der Waals surface area (Å²) in [6.45, 7) is 4.64. The van der Waals surface area contributed by atoms with Crippen LogP contribution in [0.15, 0.2) is 24.3 Å². The number of carbonyl (C=O) groups excluding carboxylic acids is 1. The lowest BCUT2D eigenvalue weighted by molar-refractivity contribution is -0.140. The van der Waals surface area contributed by atoms with Crippen LogP contribution in [0, 0.1) is 23.1 Å². The summed E-state index contributed by atoms with van der Waals surface area (Å²) in [4.78, 5) is 23.0. The number of carboxylic acid groups (broad SMARTS) is 1. The lowest BCUT2D eigenvalue weighted by Gasteiger charge is -2.08. The van der Waals surface area contributed by atoms with Crippen molar-refractivity contribution in [1.82, 2.24) is 5.32 Å². The highest BCUT2D eigenvalue weighted by atomic mass is 19.1. The molecule has 2 rings (SSSR count). The average Bonchev–Trinajstić information content (AvgIpc) is 3.01. The van der Waals surface area contributed by atoms with Gasteiger partial charge >= 0.3 is 5.97 Å². The van der Waals surface area contributed by atoms with Crippen LogP contribution >= 0.6 is 0 Å². The van der Waals surface area contributed by atoms with Crippen molar-refractivity contribution in [2.45, 2.75) is 20.3 Å². The van der Waals surface area contributed by atoms with Gasteiger partial charge in [-0.1, -0.05) is 19.9 Å². The topological polar surface area (TPSA) is 78.4 Å². The first-order valence-electron chi connectivity index (χ1n) is 7.34. The van der Waals surface area contributed by atoms with Crippen LogP contribution in [0.25, 0.3) is 0 Å². The van der Waals surface area contributed by atoms with Gasteiger partial charge in [0.2, 0.25) is 5.91 Å². The molecule has 0 saturated heterocycles. The second-order valence-electron chi connectivity index (χ2n) is 6.20. The van der Waals surface area contributed by atoms with Crippen LogP contribution in [-0.4, -0.2) is 30.1 Å². The fourth-order valence-electron chi connectivity index (χ4n) is 2.83. The van der Waals surface area contributed by atoms with E-state index in [4.69, 9.17) is 5.11 Å². The summed E-state index contributed by atoms with van der Waals surface area (Å²) in [7, 11) is 0. The SMILES string of the molecule is CC1(C)[C@H](C(=O)O)[C@@H]1C(=O)NCCCNc1cccc(F)c1. The summed E-state index contributed by atoms with van der Waals surface area (Å²) in [6.07, 6.45) is 0.674. The van der Waals surface area contributed by atoms with Crippen molar-refractivity contribution in [2.75, 3.05) is 18.4 Å². The van der Waals surface area contributed by atoms with Gasteiger partial charge in [0.25, 0.3) is 0 Å². The minimum atomic E-state index is -0.919. The van der Waals surface area contributed by atoms with E-state index in [1.54, 1.807) is 26.0 Å². The monoisotopic (exact) mass is 308 g/mol. The molecule has 5 nitrogen and oxygen atoms in total. The van der Waals surface area contributed by atoms with E-state index in [9.17, 15) is 14.0 Å². The van der Waals surface area contributed by atoms with Gasteiger partial charge < -0.3 is 15.7 Å². The number of carboxylic acids is 1. The molecule has 3 N–H and O–H groups in total. The first-order valence-corrected chi connectivity index (χ1v) is 7.34. The summed E-state index contributed by atoms with van der Waals surface area (Å²) in [5.41, 5.74) is 0.219. The van der Waals surface area contributed by atoms with E-state index in [2.05, 4.69) is 10.6 Å². The number of aliphatic carboxylic acids is 1. The Bertz CT molecular complexity index is 574. The molecule has 1 aliphatic rings. The third kappa shape index (κ3) is 3.55. The molecule has 1 aromatic carbocycles. The molecule has 0 radical (unpaired) electrons. The molecule has 1 aliphatic carbocycles. The zero-order valence-corrected chi connectivity index (χ0v) is 12.7. The van der Waals surface area contributed by atoms with E-state index in [-0.39, 0.29) is 11.7 Å². The van der Waals surface area contributed by atoms with E-state index in [0.717, 1.165) is 0 Å². The molecule has 0 spiro atoms. The van der Waals surface area contributed by atoms with Crippen molar-refractivity contribution in [3.63, 3.8) is 0 Å². The van der Waals surface area contributed by atoms with E-state index in [0.29, 0.717) is 25.2 Å². The van der Waals surface area contributed by atoms with Crippen LogP contribution < -0.4 is 10.6 Å². The predicted molar refractivity (Wildman–Crippen MR) is 80.9 cm³/mol. The third-order valence-corrected chi connectivity index (χ3v) is 4.18. The average molecular weight is 308 g/mol. The highest BCUT2D eigenvalue weighted by Gasteiger charge is 2.65. The van der Waals surface area contributed by atoms with Gasteiger partial charge in [0.1, 0.15) is 5.82 Å². The summed E-state index contributed by atoms with van der Waals surface area (Å²) in [5.74, 6) is -2.48. The number of benzene rings is 1.